The molecule has 2 aromatic heterocycles. The predicted molar refractivity (Wildman–Crippen MR) is 57.1 cm³/mol. The van der Waals surface area contributed by atoms with Gasteiger partial charge < -0.3 is 19.8 Å². The number of carboxylic acid groups (broad SMARTS) is 2. The summed E-state index contributed by atoms with van der Waals surface area (Å²) < 4.78 is 0. The minimum Gasteiger partial charge on any atom is -0.543 e. The molecule has 2 rings (SSSR count). The van der Waals surface area contributed by atoms with Crippen LogP contribution < -0.4 is 10.2 Å². The molecule has 0 bridgehead atoms. The van der Waals surface area contributed by atoms with E-state index in [1.165, 1.54) is 24.5 Å². The van der Waals surface area contributed by atoms with Gasteiger partial charge in [-0.15, -0.1) is 0 Å². The van der Waals surface area contributed by atoms with Crippen molar-refractivity contribution in [3.63, 3.8) is 0 Å². The van der Waals surface area contributed by atoms with E-state index >= 15 is 0 Å². The van der Waals surface area contributed by atoms with E-state index in [9.17, 15) is 19.8 Å². The van der Waals surface area contributed by atoms with Crippen molar-refractivity contribution in [2.45, 2.75) is 0 Å². The number of pyridine rings is 2. The first kappa shape index (κ1) is 16.8. The first-order valence-corrected chi connectivity index (χ1v) is 4.86. The van der Waals surface area contributed by atoms with Gasteiger partial charge in [0.2, 0.25) is 0 Å². The molecule has 2 aromatic rings. The molecule has 0 amide bonds. The van der Waals surface area contributed by atoms with Crippen LogP contribution in [0.4, 0.5) is 0 Å². The molecule has 0 spiro atoms. The first-order chi connectivity index (χ1) is 8.61. The van der Waals surface area contributed by atoms with Gasteiger partial charge in [-0.1, -0.05) is 12.1 Å². The zero-order valence-electron chi connectivity index (χ0n) is 9.45. The Kier molecular flexibility index (Phi) is 7.76. The molecule has 0 atom stereocenters. The van der Waals surface area contributed by atoms with Crippen molar-refractivity contribution in [1.29, 1.82) is 0 Å². The van der Waals surface area contributed by atoms with Gasteiger partial charge >= 0.3 is 17.1 Å². The second-order valence-corrected chi connectivity index (χ2v) is 3.00. The maximum Gasteiger partial charge on any atom is 2.00 e. The minimum atomic E-state index is -1.24. The zero-order chi connectivity index (χ0) is 13.4. The van der Waals surface area contributed by atoms with Crippen LogP contribution in [0.15, 0.2) is 48.8 Å². The van der Waals surface area contributed by atoms with Crippen molar-refractivity contribution in [2.24, 2.45) is 0 Å². The molecule has 0 aliphatic carbocycles. The molecule has 101 valence electrons. The van der Waals surface area contributed by atoms with E-state index in [0.29, 0.717) is 0 Å². The molecule has 2 heterocycles. The summed E-state index contributed by atoms with van der Waals surface area (Å²) in [5.74, 6) is -2.48. The van der Waals surface area contributed by atoms with E-state index in [-0.39, 0.29) is 28.5 Å². The number of aromatic carboxylic acids is 2. The summed E-state index contributed by atoms with van der Waals surface area (Å²) in [6.07, 6.45) is 2.82. The Balaban J connectivity index is 0.000000324. The number of hydrogen-bond donors (Lipinski definition) is 0. The van der Waals surface area contributed by atoms with Gasteiger partial charge in [-0.3, -0.25) is 9.97 Å². The van der Waals surface area contributed by atoms with Crippen molar-refractivity contribution < 1.29 is 36.9 Å². The van der Waals surface area contributed by atoms with Gasteiger partial charge in [-0.05, 0) is 24.3 Å². The molecule has 0 saturated heterocycles. The van der Waals surface area contributed by atoms with Gasteiger partial charge in [0.05, 0.1) is 23.3 Å². The second kappa shape index (κ2) is 8.79. The van der Waals surface area contributed by atoms with E-state index in [2.05, 4.69) is 9.97 Å². The maximum absolute atomic E-state index is 10.0. The van der Waals surface area contributed by atoms with Gasteiger partial charge in [-0.2, -0.15) is 0 Å². The van der Waals surface area contributed by atoms with Gasteiger partial charge in [0.15, 0.2) is 0 Å². The molecule has 0 N–H and O–H groups in total. The normalized spacial score (nSPS) is 8.42. The number of aromatic nitrogens is 2. The molecule has 0 aliphatic heterocycles. The van der Waals surface area contributed by atoms with Crippen LogP contribution >= 0.6 is 0 Å². The molecule has 19 heavy (non-hydrogen) atoms. The molecule has 6 nitrogen and oxygen atoms in total. The number of carbonyl (C=O) groups is 2. The number of nitrogens with zero attached hydrogens (tertiary/aromatic N) is 2. The first-order valence-electron chi connectivity index (χ1n) is 4.86. The van der Waals surface area contributed by atoms with Crippen molar-refractivity contribution in [3.05, 3.63) is 60.2 Å². The molecule has 7 heteroatoms. The predicted octanol–water partition coefficient (Wildman–Crippen LogP) is -1.11. The van der Waals surface area contributed by atoms with Crippen LogP contribution in [0, 0.1) is 0 Å². The van der Waals surface area contributed by atoms with Crippen LogP contribution in [0.1, 0.15) is 21.0 Å². The molecule has 0 fully saturated rings. The Bertz CT molecular complexity index is 470. The summed E-state index contributed by atoms with van der Waals surface area (Å²) in [6, 6.07) is 9.25. The third-order valence-electron chi connectivity index (χ3n) is 1.75. The summed E-state index contributed by atoms with van der Waals surface area (Å²) in [6.45, 7) is 0. The van der Waals surface area contributed by atoms with Gasteiger partial charge in [-0.25, -0.2) is 0 Å². The van der Waals surface area contributed by atoms with Crippen molar-refractivity contribution >= 4 is 11.9 Å². The van der Waals surface area contributed by atoms with Gasteiger partial charge in [0.25, 0.3) is 0 Å². The summed E-state index contributed by atoms with van der Waals surface area (Å²) in [4.78, 5) is 27.1. The molecule has 0 aromatic carbocycles. The van der Waals surface area contributed by atoms with Crippen molar-refractivity contribution in [1.82, 2.24) is 9.97 Å². The van der Waals surface area contributed by atoms with Crippen LogP contribution in [0.3, 0.4) is 0 Å². The van der Waals surface area contributed by atoms with Crippen LogP contribution in [0.25, 0.3) is 0 Å². The van der Waals surface area contributed by atoms with E-state index in [0.717, 1.165) is 0 Å². The summed E-state index contributed by atoms with van der Waals surface area (Å²) in [5.41, 5.74) is -0.0602. The number of hydrogen-bond acceptors (Lipinski definition) is 6. The molecular weight excluding hydrogens is 300 g/mol. The average molecular weight is 308 g/mol. The van der Waals surface area contributed by atoms with E-state index in [1.54, 1.807) is 24.3 Å². The standard InChI is InChI=1S/2C6H5NO2.Cu/c2*8-6(9)5-3-1-2-4-7-5;/h2*1-4H,(H,8,9);/q;;+2/p-2. The van der Waals surface area contributed by atoms with Gasteiger partial charge in [0.1, 0.15) is 0 Å². The second-order valence-electron chi connectivity index (χ2n) is 3.00. The fourth-order valence-corrected chi connectivity index (χ4v) is 0.967. The Hall–Kier alpha value is -2.24. The van der Waals surface area contributed by atoms with Crippen LogP contribution in [-0.4, -0.2) is 21.9 Å². The Morgan fingerprint density at radius 2 is 1.16 bits per heavy atom. The Morgan fingerprint density at radius 3 is 1.32 bits per heavy atom. The Labute approximate surface area is 119 Å². The SMILES string of the molecule is O=C([O-])c1ccccn1.O=C([O-])c1ccccn1.[Cu+2]. The largest absolute Gasteiger partial charge is 2.00 e. The fraction of sp³-hybridized carbons (Fsp3) is 0. The molecule has 0 aliphatic rings. The van der Waals surface area contributed by atoms with E-state index < -0.39 is 11.9 Å². The van der Waals surface area contributed by atoms with Crippen LogP contribution in [0.5, 0.6) is 0 Å². The third kappa shape index (κ3) is 6.30. The summed E-state index contributed by atoms with van der Waals surface area (Å²) in [7, 11) is 0. The van der Waals surface area contributed by atoms with Crippen molar-refractivity contribution in [3.8, 4) is 0 Å². The number of carboxylic acids is 2. The number of carbonyl (C=O) groups excluding carboxylic acids is 2. The molecule has 0 saturated carbocycles. The average Bonchev–Trinajstić information content (AvgIpc) is 2.41. The maximum atomic E-state index is 10.0. The molecule has 1 radical (unpaired) electrons. The topological polar surface area (TPSA) is 106 Å². The van der Waals surface area contributed by atoms with Crippen molar-refractivity contribution in [2.75, 3.05) is 0 Å². The van der Waals surface area contributed by atoms with Crippen LogP contribution in [-0.2, 0) is 17.1 Å². The monoisotopic (exact) mass is 307 g/mol. The van der Waals surface area contributed by atoms with Crippen LogP contribution in [0.2, 0.25) is 0 Å². The fourth-order valence-electron chi connectivity index (χ4n) is 0.967. The Morgan fingerprint density at radius 1 is 0.789 bits per heavy atom. The van der Waals surface area contributed by atoms with Gasteiger partial charge in [0, 0.05) is 12.4 Å². The van der Waals surface area contributed by atoms with E-state index in [4.69, 9.17) is 0 Å². The summed E-state index contributed by atoms with van der Waals surface area (Å²) >= 11 is 0. The summed E-state index contributed by atoms with van der Waals surface area (Å²) in [5, 5.41) is 20.1. The van der Waals surface area contributed by atoms with E-state index in [1.807, 2.05) is 0 Å². The zero-order valence-corrected chi connectivity index (χ0v) is 10.4. The number of rotatable bonds is 2. The molecular formula is C12H8CuN2O4. The quantitative estimate of drug-likeness (QED) is 0.651. The minimum absolute atomic E-state index is 0. The smallest absolute Gasteiger partial charge is 0.543 e. The third-order valence-corrected chi connectivity index (χ3v) is 1.75. The molecule has 0 unspecified atom stereocenters.